The fourth-order valence-corrected chi connectivity index (χ4v) is 2.25. The Hall–Kier alpha value is -3.15. The van der Waals surface area contributed by atoms with Crippen LogP contribution in [0.5, 0.6) is 0 Å². The second kappa shape index (κ2) is 5.92. The van der Waals surface area contributed by atoms with E-state index in [1.165, 1.54) is 0 Å². The lowest BCUT2D eigenvalue weighted by Gasteiger charge is -2.06. The first-order valence-electron chi connectivity index (χ1n) is 7.13. The number of hydrogen-bond acceptors (Lipinski definition) is 5. The van der Waals surface area contributed by atoms with Gasteiger partial charge in [0.15, 0.2) is 0 Å². The fourth-order valence-electron chi connectivity index (χ4n) is 2.25. The van der Waals surface area contributed by atoms with Crippen molar-refractivity contribution < 1.29 is 5.21 Å². The standard InChI is InChI=1S/C17H16N4O2/c1-11-7-8-12(2)13(9-11)10-18-20-17-19-15-6-4-3-5-14(15)16(22)21(17)23/h3-10,23H,1-2H3,(H,19,20). The number of para-hydroxylation sites is 1. The van der Waals surface area contributed by atoms with Crippen LogP contribution in [-0.4, -0.2) is 21.1 Å². The largest absolute Gasteiger partial charge is 0.422 e. The van der Waals surface area contributed by atoms with E-state index in [0.29, 0.717) is 15.6 Å². The summed E-state index contributed by atoms with van der Waals surface area (Å²) in [5.41, 5.74) is 5.72. The SMILES string of the molecule is Cc1ccc(C)c(C=NNc2nc3ccccc3c(=O)n2O)c1. The van der Waals surface area contributed by atoms with E-state index in [1.54, 1.807) is 30.5 Å². The van der Waals surface area contributed by atoms with E-state index in [1.807, 2.05) is 32.0 Å². The Morgan fingerprint density at radius 2 is 2.00 bits per heavy atom. The Labute approximate surface area is 132 Å². The van der Waals surface area contributed by atoms with Gasteiger partial charge >= 0.3 is 0 Å². The molecule has 23 heavy (non-hydrogen) atoms. The molecule has 0 atom stereocenters. The Kier molecular flexibility index (Phi) is 3.80. The van der Waals surface area contributed by atoms with Crippen molar-refractivity contribution in [3.63, 3.8) is 0 Å². The summed E-state index contributed by atoms with van der Waals surface area (Å²) in [4.78, 5) is 16.3. The maximum absolute atomic E-state index is 12.1. The summed E-state index contributed by atoms with van der Waals surface area (Å²) in [5.74, 6) is -0.0322. The van der Waals surface area contributed by atoms with E-state index in [9.17, 15) is 10.0 Å². The van der Waals surface area contributed by atoms with E-state index in [2.05, 4.69) is 15.5 Å². The number of aromatic nitrogens is 2. The lowest BCUT2D eigenvalue weighted by atomic mass is 10.1. The van der Waals surface area contributed by atoms with Gasteiger partial charge in [-0.25, -0.2) is 10.4 Å². The van der Waals surface area contributed by atoms with Gasteiger partial charge < -0.3 is 5.21 Å². The van der Waals surface area contributed by atoms with Gasteiger partial charge in [0.05, 0.1) is 17.1 Å². The summed E-state index contributed by atoms with van der Waals surface area (Å²) in [6.45, 7) is 3.98. The average molecular weight is 308 g/mol. The highest BCUT2D eigenvalue weighted by Gasteiger charge is 2.08. The third kappa shape index (κ3) is 2.91. The number of benzene rings is 2. The van der Waals surface area contributed by atoms with Gasteiger partial charge in [-0.3, -0.25) is 4.79 Å². The molecule has 0 spiro atoms. The number of rotatable bonds is 3. The van der Waals surface area contributed by atoms with E-state index in [0.717, 1.165) is 16.7 Å². The van der Waals surface area contributed by atoms with Crippen LogP contribution < -0.4 is 11.0 Å². The van der Waals surface area contributed by atoms with Gasteiger partial charge in [-0.2, -0.15) is 5.10 Å². The third-order valence-corrected chi connectivity index (χ3v) is 3.56. The van der Waals surface area contributed by atoms with Crippen LogP contribution >= 0.6 is 0 Å². The zero-order valence-corrected chi connectivity index (χ0v) is 12.8. The zero-order valence-electron chi connectivity index (χ0n) is 12.8. The lowest BCUT2D eigenvalue weighted by Crippen LogP contribution is -2.22. The molecule has 2 N–H and O–H groups in total. The van der Waals surface area contributed by atoms with Gasteiger partial charge in [-0.05, 0) is 37.1 Å². The first-order chi connectivity index (χ1) is 11.1. The molecule has 6 heteroatoms. The Bertz CT molecular complexity index is 960. The molecular formula is C17H16N4O2. The molecule has 2 aromatic carbocycles. The number of nitrogens with one attached hydrogen (secondary N) is 1. The molecule has 3 aromatic rings. The molecular weight excluding hydrogens is 292 g/mol. The maximum atomic E-state index is 12.1. The van der Waals surface area contributed by atoms with Crippen molar-refractivity contribution in [2.45, 2.75) is 13.8 Å². The molecule has 0 unspecified atom stereocenters. The highest BCUT2D eigenvalue weighted by atomic mass is 16.5. The topological polar surface area (TPSA) is 79.5 Å². The number of aryl methyl sites for hydroxylation is 2. The molecule has 0 aliphatic heterocycles. The molecule has 0 aliphatic carbocycles. The predicted octanol–water partition coefficient (Wildman–Crippen LogP) is 2.70. The highest BCUT2D eigenvalue weighted by Crippen LogP contribution is 2.11. The zero-order chi connectivity index (χ0) is 16.4. The average Bonchev–Trinajstić information content (AvgIpc) is 2.55. The quantitative estimate of drug-likeness (QED) is 0.443. The number of hydrazone groups is 1. The molecule has 0 fully saturated rings. The van der Waals surface area contributed by atoms with E-state index in [4.69, 9.17) is 0 Å². The normalized spacial score (nSPS) is 11.2. The van der Waals surface area contributed by atoms with Crippen LogP contribution in [0.3, 0.4) is 0 Å². The van der Waals surface area contributed by atoms with Gasteiger partial charge in [-0.15, -0.1) is 4.73 Å². The first kappa shape index (κ1) is 14.8. The fraction of sp³-hybridized carbons (Fsp3) is 0.118. The van der Waals surface area contributed by atoms with Crippen LogP contribution in [0.25, 0.3) is 10.9 Å². The van der Waals surface area contributed by atoms with Crippen molar-refractivity contribution in [2.24, 2.45) is 5.10 Å². The molecule has 116 valence electrons. The Morgan fingerprint density at radius 3 is 2.83 bits per heavy atom. The minimum absolute atomic E-state index is 0.0322. The second-order valence-corrected chi connectivity index (χ2v) is 5.30. The molecule has 0 saturated carbocycles. The smallest absolute Gasteiger partial charge is 0.295 e. The second-order valence-electron chi connectivity index (χ2n) is 5.30. The van der Waals surface area contributed by atoms with Crippen molar-refractivity contribution in [2.75, 3.05) is 5.43 Å². The molecule has 0 bridgehead atoms. The summed E-state index contributed by atoms with van der Waals surface area (Å²) in [7, 11) is 0. The summed E-state index contributed by atoms with van der Waals surface area (Å²) in [6.07, 6.45) is 1.63. The van der Waals surface area contributed by atoms with E-state index in [-0.39, 0.29) is 5.95 Å². The monoisotopic (exact) mass is 308 g/mol. The van der Waals surface area contributed by atoms with Crippen molar-refractivity contribution in [1.29, 1.82) is 0 Å². The van der Waals surface area contributed by atoms with Crippen molar-refractivity contribution in [3.8, 4) is 0 Å². The molecule has 0 amide bonds. The lowest BCUT2D eigenvalue weighted by molar-refractivity contribution is 0.179. The van der Waals surface area contributed by atoms with Crippen molar-refractivity contribution in [1.82, 2.24) is 9.71 Å². The van der Waals surface area contributed by atoms with Gasteiger partial charge in [0.1, 0.15) is 0 Å². The van der Waals surface area contributed by atoms with E-state index >= 15 is 0 Å². The van der Waals surface area contributed by atoms with E-state index < -0.39 is 5.56 Å². The summed E-state index contributed by atoms with van der Waals surface area (Å²) < 4.78 is 0.461. The predicted molar refractivity (Wildman–Crippen MR) is 90.3 cm³/mol. The molecule has 0 aliphatic rings. The van der Waals surface area contributed by atoms with Crippen LogP contribution in [-0.2, 0) is 0 Å². The molecule has 3 rings (SSSR count). The van der Waals surface area contributed by atoms with Crippen LogP contribution in [0.15, 0.2) is 52.4 Å². The molecule has 0 saturated heterocycles. The third-order valence-electron chi connectivity index (χ3n) is 3.56. The number of fused-ring (bicyclic) bond motifs is 1. The highest BCUT2D eigenvalue weighted by molar-refractivity contribution is 5.82. The molecule has 0 radical (unpaired) electrons. The maximum Gasteiger partial charge on any atom is 0.295 e. The van der Waals surface area contributed by atoms with Gasteiger partial charge in [0, 0.05) is 0 Å². The molecule has 1 heterocycles. The molecule has 6 nitrogen and oxygen atoms in total. The number of hydrogen-bond donors (Lipinski definition) is 2. The van der Waals surface area contributed by atoms with Gasteiger partial charge in [0.2, 0.25) is 0 Å². The number of nitrogens with zero attached hydrogens (tertiary/aromatic N) is 3. The van der Waals surface area contributed by atoms with Gasteiger partial charge in [-0.1, -0.05) is 35.9 Å². The first-order valence-corrected chi connectivity index (χ1v) is 7.13. The van der Waals surface area contributed by atoms with Crippen LogP contribution in [0.1, 0.15) is 16.7 Å². The van der Waals surface area contributed by atoms with Crippen LogP contribution in [0.2, 0.25) is 0 Å². The van der Waals surface area contributed by atoms with Gasteiger partial charge in [0.25, 0.3) is 11.5 Å². The van der Waals surface area contributed by atoms with Crippen LogP contribution in [0.4, 0.5) is 5.95 Å². The van der Waals surface area contributed by atoms with Crippen molar-refractivity contribution >= 4 is 23.1 Å². The Morgan fingerprint density at radius 1 is 1.22 bits per heavy atom. The summed E-state index contributed by atoms with van der Waals surface area (Å²) in [5, 5.41) is 14.3. The number of anilines is 1. The van der Waals surface area contributed by atoms with Crippen molar-refractivity contribution in [3.05, 3.63) is 69.5 Å². The van der Waals surface area contributed by atoms with Crippen LogP contribution in [0, 0.1) is 13.8 Å². The molecule has 1 aromatic heterocycles. The summed E-state index contributed by atoms with van der Waals surface area (Å²) in [6, 6.07) is 12.8. The minimum atomic E-state index is -0.542. The minimum Gasteiger partial charge on any atom is -0.422 e. The Balaban J connectivity index is 1.93. The summed E-state index contributed by atoms with van der Waals surface area (Å²) >= 11 is 0.